The van der Waals surface area contributed by atoms with Gasteiger partial charge in [0.15, 0.2) is 0 Å². The minimum absolute atomic E-state index is 0.0180. The molecule has 112 valence electrons. The summed E-state index contributed by atoms with van der Waals surface area (Å²) in [6.45, 7) is 2.18. The maximum Gasteiger partial charge on any atom is 0.119 e. The molecule has 0 amide bonds. The maximum atomic E-state index is 6.55. The third kappa shape index (κ3) is 2.56. The highest BCUT2D eigenvalue weighted by Gasteiger charge is 2.29. The van der Waals surface area contributed by atoms with Gasteiger partial charge in [-0.1, -0.05) is 13.0 Å². The molecule has 2 N–H and O–H groups in total. The van der Waals surface area contributed by atoms with E-state index in [1.54, 1.807) is 7.11 Å². The van der Waals surface area contributed by atoms with E-state index in [1.807, 2.05) is 12.3 Å². The highest BCUT2D eigenvalue weighted by Crippen LogP contribution is 2.38. The van der Waals surface area contributed by atoms with Gasteiger partial charge in [0.2, 0.25) is 0 Å². The first-order valence-corrected chi connectivity index (χ1v) is 7.68. The standard InChI is InChI=1S/C17H23N3O/c1-3-4-16-19-9-10-20(16)15-8-5-12-11-13(21-2)6-7-14(12)17(15)18/h6-7,9-11,15,17H,3-5,8,18H2,1-2H3. The molecule has 4 nitrogen and oxygen atoms in total. The lowest BCUT2D eigenvalue weighted by Crippen LogP contribution is -2.30. The fourth-order valence-corrected chi connectivity index (χ4v) is 3.32. The second-order valence-corrected chi connectivity index (χ2v) is 5.70. The zero-order chi connectivity index (χ0) is 14.8. The van der Waals surface area contributed by atoms with Crippen LogP contribution in [0.25, 0.3) is 0 Å². The number of ether oxygens (including phenoxy) is 1. The van der Waals surface area contributed by atoms with Crippen molar-refractivity contribution in [3.05, 3.63) is 47.5 Å². The Morgan fingerprint density at radius 2 is 2.29 bits per heavy atom. The molecule has 2 aromatic rings. The van der Waals surface area contributed by atoms with E-state index in [-0.39, 0.29) is 6.04 Å². The van der Waals surface area contributed by atoms with Crippen molar-refractivity contribution in [2.75, 3.05) is 7.11 Å². The van der Waals surface area contributed by atoms with Gasteiger partial charge in [0.05, 0.1) is 19.2 Å². The number of hydrogen-bond acceptors (Lipinski definition) is 3. The Labute approximate surface area is 125 Å². The Kier molecular flexibility index (Phi) is 3.97. The molecule has 0 radical (unpaired) electrons. The van der Waals surface area contributed by atoms with Crippen molar-refractivity contribution in [2.24, 2.45) is 5.73 Å². The summed E-state index contributed by atoms with van der Waals surface area (Å²) in [7, 11) is 1.70. The Bertz CT molecular complexity index is 620. The number of fused-ring (bicyclic) bond motifs is 1. The second-order valence-electron chi connectivity index (χ2n) is 5.70. The molecule has 0 fully saturated rings. The number of imidazole rings is 1. The van der Waals surface area contributed by atoms with E-state index in [9.17, 15) is 0 Å². The van der Waals surface area contributed by atoms with E-state index in [2.05, 4.69) is 34.8 Å². The zero-order valence-corrected chi connectivity index (χ0v) is 12.7. The first kappa shape index (κ1) is 14.1. The van der Waals surface area contributed by atoms with E-state index in [0.29, 0.717) is 6.04 Å². The van der Waals surface area contributed by atoms with E-state index in [1.165, 1.54) is 11.1 Å². The predicted molar refractivity (Wildman–Crippen MR) is 83.5 cm³/mol. The Balaban J connectivity index is 1.91. The number of hydrogen-bond donors (Lipinski definition) is 1. The Morgan fingerprint density at radius 1 is 1.43 bits per heavy atom. The van der Waals surface area contributed by atoms with Gasteiger partial charge in [0.25, 0.3) is 0 Å². The van der Waals surface area contributed by atoms with Crippen LogP contribution in [0.5, 0.6) is 5.75 Å². The lowest BCUT2D eigenvalue weighted by atomic mass is 9.84. The quantitative estimate of drug-likeness (QED) is 0.939. The van der Waals surface area contributed by atoms with E-state index < -0.39 is 0 Å². The largest absolute Gasteiger partial charge is 0.497 e. The summed E-state index contributed by atoms with van der Waals surface area (Å²) in [6.07, 6.45) is 8.16. The highest BCUT2D eigenvalue weighted by atomic mass is 16.5. The molecule has 0 saturated heterocycles. The summed E-state index contributed by atoms with van der Waals surface area (Å²) in [4.78, 5) is 4.49. The normalized spacial score (nSPS) is 21.1. The lowest BCUT2D eigenvalue weighted by molar-refractivity contribution is 0.358. The molecule has 1 heterocycles. The minimum Gasteiger partial charge on any atom is -0.497 e. The van der Waals surface area contributed by atoms with Crippen LogP contribution in [0.3, 0.4) is 0 Å². The summed E-state index contributed by atoms with van der Waals surface area (Å²) in [6, 6.07) is 6.55. The average Bonchev–Trinajstić information content (AvgIpc) is 2.96. The minimum atomic E-state index is 0.0180. The van der Waals surface area contributed by atoms with Gasteiger partial charge in [-0.15, -0.1) is 0 Å². The fraction of sp³-hybridized carbons (Fsp3) is 0.471. The van der Waals surface area contributed by atoms with Gasteiger partial charge in [-0.05, 0) is 42.5 Å². The van der Waals surface area contributed by atoms with Crippen LogP contribution in [0.15, 0.2) is 30.6 Å². The summed E-state index contributed by atoms with van der Waals surface area (Å²) < 4.78 is 7.59. The number of aromatic nitrogens is 2. The maximum absolute atomic E-state index is 6.55. The van der Waals surface area contributed by atoms with E-state index >= 15 is 0 Å². The first-order chi connectivity index (χ1) is 10.2. The number of nitrogens with two attached hydrogens (primary N) is 1. The van der Waals surface area contributed by atoms with Crippen LogP contribution in [0.1, 0.15) is 48.8 Å². The molecule has 1 aromatic carbocycles. The van der Waals surface area contributed by atoms with Crippen molar-refractivity contribution in [1.29, 1.82) is 0 Å². The second kappa shape index (κ2) is 5.90. The Morgan fingerprint density at radius 3 is 3.05 bits per heavy atom. The third-order valence-electron chi connectivity index (χ3n) is 4.41. The van der Waals surface area contributed by atoms with Crippen LogP contribution < -0.4 is 10.5 Å². The van der Waals surface area contributed by atoms with Crippen LogP contribution in [0.4, 0.5) is 0 Å². The molecule has 3 rings (SSSR count). The molecule has 1 aromatic heterocycles. The fourth-order valence-electron chi connectivity index (χ4n) is 3.32. The number of methoxy groups -OCH3 is 1. The lowest BCUT2D eigenvalue weighted by Gasteiger charge is -2.33. The van der Waals surface area contributed by atoms with Gasteiger partial charge in [-0.3, -0.25) is 0 Å². The van der Waals surface area contributed by atoms with Crippen molar-refractivity contribution in [3.63, 3.8) is 0 Å². The summed E-state index contributed by atoms with van der Waals surface area (Å²) >= 11 is 0. The van der Waals surface area contributed by atoms with Gasteiger partial charge >= 0.3 is 0 Å². The van der Waals surface area contributed by atoms with E-state index in [0.717, 1.165) is 37.3 Å². The van der Waals surface area contributed by atoms with E-state index in [4.69, 9.17) is 10.5 Å². The van der Waals surface area contributed by atoms with Crippen LogP contribution in [-0.4, -0.2) is 16.7 Å². The van der Waals surface area contributed by atoms with Crippen LogP contribution in [0.2, 0.25) is 0 Å². The smallest absolute Gasteiger partial charge is 0.119 e. The third-order valence-corrected chi connectivity index (χ3v) is 4.41. The van der Waals surface area contributed by atoms with Crippen molar-refractivity contribution >= 4 is 0 Å². The monoisotopic (exact) mass is 285 g/mol. The van der Waals surface area contributed by atoms with Crippen molar-refractivity contribution in [1.82, 2.24) is 9.55 Å². The molecule has 0 saturated carbocycles. The molecular weight excluding hydrogens is 262 g/mol. The van der Waals surface area contributed by atoms with Crippen LogP contribution in [-0.2, 0) is 12.8 Å². The molecule has 1 aliphatic carbocycles. The molecule has 4 heteroatoms. The van der Waals surface area contributed by atoms with Crippen LogP contribution in [0, 0.1) is 0 Å². The van der Waals surface area contributed by atoms with Gasteiger partial charge in [0, 0.05) is 18.8 Å². The summed E-state index contributed by atoms with van der Waals surface area (Å²) in [5.41, 5.74) is 9.10. The number of aryl methyl sites for hydroxylation is 2. The molecule has 0 bridgehead atoms. The van der Waals surface area contributed by atoms with Gasteiger partial charge in [0.1, 0.15) is 11.6 Å². The zero-order valence-electron chi connectivity index (χ0n) is 12.7. The van der Waals surface area contributed by atoms with Crippen molar-refractivity contribution in [2.45, 2.75) is 44.7 Å². The van der Waals surface area contributed by atoms with Crippen molar-refractivity contribution < 1.29 is 4.74 Å². The topological polar surface area (TPSA) is 53.1 Å². The van der Waals surface area contributed by atoms with Gasteiger partial charge in [-0.2, -0.15) is 0 Å². The molecular formula is C17H23N3O. The number of benzene rings is 1. The predicted octanol–water partition coefficient (Wildman–Crippen LogP) is 3.03. The first-order valence-electron chi connectivity index (χ1n) is 7.68. The summed E-state index contributed by atoms with van der Waals surface area (Å²) in [5, 5.41) is 0. The molecule has 2 unspecified atom stereocenters. The SMILES string of the molecule is CCCc1nccn1C1CCc2cc(OC)ccc2C1N. The Hall–Kier alpha value is -1.81. The molecule has 2 atom stereocenters. The molecule has 0 aliphatic heterocycles. The van der Waals surface area contributed by atoms with Gasteiger partial charge < -0.3 is 15.0 Å². The molecule has 0 spiro atoms. The van der Waals surface area contributed by atoms with Crippen LogP contribution >= 0.6 is 0 Å². The van der Waals surface area contributed by atoms with Crippen molar-refractivity contribution in [3.8, 4) is 5.75 Å². The number of rotatable bonds is 4. The number of nitrogens with zero attached hydrogens (tertiary/aromatic N) is 2. The highest BCUT2D eigenvalue weighted by molar-refractivity contribution is 5.39. The van der Waals surface area contributed by atoms with Gasteiger partial charge in [-0.25, -0.2) is 4.98 Å². The molecule has 1 aliphatic rings. The average molecular weight is 285 g/mol. The summed E-state index contributed by atoms with van der Waals surface area (Å²) in [5.74, 6) is 2.06. The molecule has 21 heavy (non-hydrogen) atoms.